The zero-order valence-electron chi connectivity index (χ0n) is 18.6. The largest absolute Gasteiger partial charge is 0.447 e. The number of alkyl carbamates (subject to hydrolysis) is 1. The number of amides is 3. The Kier molecular flexibility index (Phi) is 7.55. The predicted octanol–water partition coefficient (Wildman–Crippen LogP) is 4.36. The van der Waals surface area contributed by atoms with Gasteiger partial charge < -0.3 is 15.0 Å². The molecule has 1 saturated carbocycles. The first-order valence-electron chi connectivity index (χ1n) is 11.4. The molecule has 2 aliphatic heterocycles. The first-order chi connectivity index (χ1) is 15.4. The van der Waals surface area contributed by atoms with E-state index in [0.29, 0.717) is 18.0 Å². The van der Waals surface area contributed by atoms with Crippen LogP contribution < -0.4 is 15.5 Å². The number of benzene rings is 1. The smallest absolute Gasteiger partial charge is 0.414 e. The van der Waals surface area contributed by atoms with Crippen molar-refractivity contribution in [3.05, 3.63) is 23.8 Å². The molecule has 3 amide bonds. The van der Waals surface area contributed by atoms with Crippen LogP contribution in [0.25, 0.3) is 0 Å². The monoisotopic (exact) mass is 477 g/mol. The minimum atomic E-state index is -0.745. The zero-order chi connectivity index (χ0) is 22.7. The summed E-state index contributed by atoms with van der Waals surface area (Å²) in [5, 5.41) is 4.92. The third-order valence-corrected chi connectivity index (χ3v) is 8.50. The highest BCUT2D eigenvalue weighted by atomic mass is 32.2. The van der Waals surface area contributed by atoms with E-state index in [4.69, 9.17) is 4.74 Å². The van der Waals surface area contributed by atoms with E-state index in [-0.39, 0.29) is 17.4 Å². The summed E-state index contributed by atoms with van der Waals surface area (Å²) in [6.45, 7) is 3.45. The number of anilines is 1. The Bertz CT molecular complexity index is 873. The van der Waals surface area contributed by atoms with Crippen LogP contribution in [0.2, 0.25) is 0 Å². The van der Waals surface area contributed by atoms with Crippen molar-refractivity contribution >= 4 is 47.1 Å². The number of nitrogens with zero attached hydrogens (tertiary/aromatic N) is 1. The van der Waals surface area contributed by atoms with E-state index in [0.717, 1.165) is 16.5 Å². The number of hydrogen-bond donors (Lipinski definition) is 2. The Morgan fingerprint density at radius 3 is 2.66 bits per heavy atom. The van der Waals surface area contributed by atoms with Crippen LogP contribution in [-0.4, -0.2) is 47.1 Å². The minimum absolute atomic E-state index is 0.188. The lowest BCUT2D eigenvalue weighted by atomic mass is 9.94. The molecule has 3 aliphatic rings. The van der Waals surface area contributed by atoms with Crippen LogP contribution in [0, 0.1) is 5.92 Å². The molecule has 0 spiro atoms. The highest BCUT2D eigenvalue weighted by Crippen LogP contribution is 2.42. The molecule has 1 saturated heterocycles. The molecule has 2 fully saturated rings. The van der Waals surface area contributed by atoms with Crippen molar-refractivity contribution in [2.24, 2.45) is 5.92 Å². The quantitative estimate of drug-likeness (QED) is 0.651. The zero-order valence-corrected chi connectivity index (χ0v) is 20.2. The molecule has 174 valence electrons. The average Bonchev–Trinajstić information content (AvgIpc) is 3.40. The van der Waals surface area contributed by atoms with E-state index >= 15 is 0 Å². The third kappa shape index (κ3) is 5.36. The van der Waals surface area contributed by atoms with Gasteiger partial charge in [-0.05, 0) is 57.1 Å². The van der Waals surface area contributed by atoms with Crippen molar-refractivity contribution in [2.45, 2.75) is 74.8 Å². The van der Waals surface area contributed by atoms with Gasteiger partial charge in [-0.1, -0.05) is 19.3 Å². The van der Waals surface area contributed by atoms with E-state index < -0.39 is 17.9 Å². The van der Waals surface area contributed by atoms with Gasteiger partial charge in [-0.3, -0.25) is 14.9 Å². The van der Waals surface area contributed by atoms with Crippen molar-refractivity contribution in [3.63, 3.8) is 0 Å². The number of nitrogens with one attached hydrogen (secondary N) is 2. The summed E-state index contributed by atoms with van der Waals surface area (Å²) >= 11 is 3.32. The molecule has 7 nitrogen and oxygen atoms in total. The number of ether oxygens (including phenoxy) is 1. The molecule has 1 aromatic carbocycles. The summed E-state index contributed by atoms with van der Waals surface area (Å²) < 4.78 is 4.99. The Hall–Kier alpha value is -1.87. The first-order valence-corrected chi connectivity index (χ1v) is 13.4. The van der Waals surface area contributed by atoms with E-state index in [1.807, 2.05) is 12.1 Å². The molecule has 1 aromatic rings. The molecule has 0 aromatic heterocycles. The van der Waals surface area contributed by atoms with Crippen molar-refractivity contribution in [2.75, 3.05) is 16.5 Å². The number of fused-ring (bicyclic) bond motifs is 1. The number of carbonyl (C=O) groups is 3. The number of carbonyl (C=O) groups excluding carboxylic acids is 3. The second kappa shape index (κ2) is 10.4. The number of imide groups is 1. The summed E-state index contributed by atoms with van der Waals surface area (Å²) in [4.78, 5) is 40.9. The lowest BCUT2D eigenvalue weighted by Gasteiger charge is -2.32. The van der Waals surface area contributed by atoms with E-state index in [2.05, 4.69) is 21.6 Å². The molecule has 2 unspecified atom stereocenters. The van der Waals surface area contributed by atoms with Gasteiger partial charge in [-0.15, -0.1) is 23.5 Å². The summed E-state index contributed by atoms with van der Waals surface area (Å²) in [5.74, 6) is 0.635. The lowest BCUT2D eigenvalue weighted by Crippen LogP contribution is -2.44. The van der Waals surface area contributed by atoms with Gasteiger partial charge in [0.2, 0.25) is 5.91 Å². The molecule has 32 heavy (non-hydrogen) atoms. The van der Waals surface area contributed by atoms with Crippen LogP contribution in [0.15, 0.2) is 23.1 Å². The molecule has 0 radical (unpaired) electrons. The topological polar surface area (TPSA) is 87.7 Å². The van der Waals surface area contributed by atoms with Crippen LogP contribution in [-0.2, 0) is 9.53 Å². The first kappa shape index (κ1) is 23.3. The van der Waals surface area contributed by atoms with Gasteiger partial charge in [-0.25, -0.2) is 4.79 Å². The van der Waals surface area contributed by atoms with Gasteiger partial charge in [0.05, 0.1) is 29.0 Å². The average molecular weight is 478 g/mol. The van der Waals surface area contributed by atoms with Gasteiger partial charge in [0.1, 0.15) is 0 Å². The van der Waals surface area contributed by atoms with Gasteiger partial charge in [-0.2, -0.15) is 0 Å². The maximum Gasteiger partial charge on any atom is 0.414 e. The predicted molar refractivity (Wildman–Crippen MR) is 128 cm³/mol. The van der Waals surface area contributed by atoms with Crippen LogP contribution in [0.5, 0.6) is 0 Å². The number of rotatable bonds is 5. The van der Waals surface area contributed by atoms with Crippen molar-refractivity contribution in [1.29, 1.82) is 0 Å². The molecule has 9 heteroatoms. The molecular weight excluding hydrogens is 446 g/mol. The Morgan fingerprint density at radius 1 is 1.12 bits per heavy atom. The Labute approximate surface area is 197 Å². The fourth-order valence-electron chi connectivity index (χ4n) is 4.56. The third-order valence-electron chi connectivity index (χ3n) is 6.18. The van der Waals surface area contributed by atoms with Gasteiger partial charge in [0, 0.05) is 16.5 Å². The van der Waals surface area contributed by atoms with Gasteiger partial charge >= 0.3 is 6.09 Å². The SMILES string of the molecule is CC(C)OC(=O)NC(=O)C1CCSC1NC(=O)c1ccc2c(c1)SCN2C1CCCCC1. The van der Waals surface area contributed by atoms with Crippen LogP contribution in [0.4, 0.5) is 10.5 Å². The summed E-state index contributed by atoms with van der Waals surface area (Å²) in [6, 6.07) is 6.51. The summed E-state index contributed by atoms with van der Waals surface area (Å²) in [7, 11) is 0. The van der Waals surface area contributed by atoms with Crippen LogP contribution in [0.1, 0.15) is 62.7 Å². The lowest BCUT2D eigenvalue weighted by molar-refractivity contribution is -0.124. The Morgan fingerprint density at radius 2 is 1.91 bits per heavy atom. The molecule has 2 N–H and O–H groups in total. The van der Waals surface area contributed by atoms with Crippen LogP contribution in [0.3, 0.4) is 0 Å². The highest BCUT2D eigenvalue weighted by molar-refractivity contribution is 8.00. The molecule has 2 heterocycles. The van der Waals surface area contributed by atoms with Crippen molar-refractivity contribution in [3.8, 4) is 0 Å². The van der Waals surface area contributed by atoms with E-state index in [1.165, 1.54) is 49.6 Å². The standard InChI is InChI=1S/C23H31N3O4S2/c1-14(2)30-23(29)25-21(28)17-10-11-31-22(17)24-20(27)15-8-9-18-19(12-15)32-13-26(18)16-6-4-3-5-7-16/h8-9,12,14,16-17,22H,3-7,10-11,13H2,1-2H3,(H,24,27)(H,25,28,29). The normalized spacial score (nSPS) is 23.2. The number of hydrogen-bond acceptors (Lipinski definition) is 7. The van der Waals surface area contributed by atoms with Gasteiger partial charge in [0.25, 0.3) is 5.91 Å². The fraction of sp³-hybridized carbons (Fsp3) is 0.609. The molecular formula is C23H31N3O4S2. The van der Waals surface area contributed by atoms with Gasteiger partial charge in [0.15, 0.2) is 0 Å². The Balaban J connectivity index is 1.37. The minimum Gasteiger partial charge on any atom is -0.447 e. The summed E-state index contributed by atoms with van der Waals surface area (Å²) in [6.07, 6.45) is 5.97. The van der Waals surface area contributed by atoms with Crippen LogP contribution >= 0.6 is 23.5 Å². The molecule has 2 atom stereocenters. The number of thioether (sulfide) groups is 2. The maximum absolute atomic E-state index is 12.9. The fourth-order valence-corrected chi connectivity index (χ4v) is 7.06. The highest BCUT2D eigenvalue weighted by Gasteiger charge is 2.36. The second-order valence-corrected chi connectivity index (χ2v) is 11.1. The summed E-state index contributed by atoms with van der Waals surface area (Å²) in [5.41, 5.74) is 1.84. The van der Waals surface area contributed by atoms with E-state index in [9.17, 15) is 14.4 Å². The molecule has 1 aliphatic carbocycles. The second-order valence-electron chi connectivity index (χ2n) is 8.82. The van der Waals surface area contributed by atoms with Crippen molar-refractivity contribution < 1.29 is 19.1 Å². The van der Waals surface area contributed by atoms with E-state index in [1.54, 1.807) is 25.6 Å². The maximum atomic E-state index is 12.9. The van der Waals surface area contributed by atoms with Crippen molar-refractivity contribution in [1.82, 2.24) is 10.6 Å². The molecule has 4 rings (SSSR count). The molecule has 0 bridgehead atoms.